The molecule has 0 aliphatic carbocycles. The molecule has 0 aromatic heterocycles. The first-order valence-corrected chi connectivity index (χ1v) is 17.3. The Bertz CT molecular complexity index is 1730. The summed E-state index contributed by atoms with van der Waals surface area (Å²) in [5, 5.41) is 2.93. The van der Waals surface area contributed by atoms with E-state index in [4.69, 9.17) is 4.74 Å². The number of para-hydroxylation sites is 2. The predicted molar refractivity (Wildman–Crippen MR) is 182 cm³/mol. The van der Waals surface area contributed by atoms with Gasteiger partial charge < -0.3 is 15.0 Å². The van der Waals surface area contributed by atoms with E-state index in [-0.39, 0.29) is 41.5 Å². The van der Waals surface area contributed by atoms with Crippen LogP contribution in [-0.4, -0.2) is 50.9 Å². The maximum absolute atomic E-state index is 15.1. The molecule has 0 bridgehead atoms. The van der Waals surface area contributed by atoms with Crippen molar-refractivity contribution in [1.82, 2.24) is 10.2 Å². The Hall–Kier alpha value is -4.70. The first-order chi connectivity index (χ1) is 22.6. The van der Waals surface area contributed by atoms with Gasteiger partial charge in [-0.3, -0.25) is 13.9 Å². The van der Waals surface area contributed by atoms with Crippen molar-refractivity contribution in [2.24, 2.45) is 0 Å². The number of hydrogen-bond donors (Lipinski definition) is 1. The second-order valence-corrected chi connectivity index (χ2v) is 13.1. The van der Waals surface area contributed by atoms with Gasteiger partial charge in [0.15, 0.2) is 0 Å². The lowest BCUT2D eigenvalue weighted by Crippen LogP contribution is -2.53. The second kappa shape index (κ2) is 16.7. The average molecular weight is 660 g/mol. The first-order valence-electron chi connectivity index (χ1n) is 15.8. The van der Waals surface area contributed by atoms with E-state index in [0.717, 1.165) is 28.3 Å². The molecule has 10 heteroatoms. The summed E-state index contributed by atoms with van der Waals surface area (Å²) in [6.45, 7) is 5.38. The fraction of sp³-hybridized carbons (Fsp3) is 0.297. The Morgan fingerprint density at radius 3 is 2.21 bits per heavy atom. The molecule has 47 heavy (non-hydrogen) atoms. The topological polar surface area (TPSA) is 96.0 Å². The molecule has 0 spiro atoms. The number of halogens is 1. The molecule has 248 valence electrons. The summed E-state index contributed by atoms with van der Waals surface area (Å²) in [7, 11) is -4.31. The van der Waals surface area contributed by atoms with Gasteiger partial charge in [0.05, 0.1) is 17.2 Å². The number of carbonyl (C=O) groups excluding carboxylic acids is 2. The number of ether oxygens (including phenoxy) is 1. The van der Waals surface area contributed by atoms with Crippen LogP contribution in [0.15, 0.2) is 108 Å². The maximum atomic E-state index is 15.1. The van der Waals surface area contributed by atoms with Crippen molar-refractivity contribution in [1.29, 1.82) is 0 Å². The van der Waals surface area contributed by atoms with Crippen LogP contribution >= 0.6 is 0 Å². The Balaban J connectivity index is 1.83. The maximum Gasteiger partial charge on any atom is 0.264 e. The molecule has 1 N–H and O–H groups in total. The second-order valence-electron chi connectivity index (χ2n) is 11.2. The quantitative estimate of drug-likeness (QED) is 0.143. The van der Waals surface area contributed by atoms with Crippen molar-refractivity contribution >= 4 is 27.5 Å². The SMILES string of the molecule is CCCCNC(=O)[C@H](Cc1ccccc1)N(Cc1ccccc1F)C(=O)CN(c1ccccc1OCC)S(=O)(=O)c1ccc(C)cc1. The molecule has 0 saturated heterocycles. The highest BCUT2D eigenvalue weighted by Crippen LogP contribution is 2.33. The number of nitrogens with one attached hydrogen (secondary N) is 1. The highest BCUT2D eigenvalue weighted by Gasteiger charge is 2.35. The van der Waals surface area contributed by atoms with Crippen LogP contribution in [0.25, 0.3) is 0 Å². The van der Waals surface area contributed by atoms with Gasteiger partial charge in [0, 0.05) is 25.1 Å². The van der Waals surface area contributed by atoms with Crippen molar-refractivity contribution in [3.63, 3.8) is 0 Å². The highest BCUT2D eigenvalue weighted by atomic mass is 32.2. The summed E-state index contributed by atoms with van der Waals surface area (Å²) in [5.74, 6) is -1.35. The molecule has 1 atom stereocenters. The zero-order chi connectivity index (χ0) is 33.8. The van der Waals surface area contributed by atoms with E-state index in [9.17, 15) is 18.0 Å². The lowest BCUT2D eigenvalue weighted by molar-refractivity contribution is -0.140. The molecule has 0 aliphatic rings. The number of anilines is 1. The summed E-state index contributed by atoms with van der Waals surface area (Å²) in [6, 6.07) is 27.1. The summed E-state index contributed by atoms with van der Waals surface area (Å²) >= 11 is 0. The largest absolute Gasteiger partial charge is 0.492 e. The number of unbranched alkanes of at least 4 members (excludes halogenated alkanes) is 1. The molecule has 2 amide bonds. The van der Waals surface area contributed by atoms with Crippen LogP contribution in [0.1, 0.15) is 43.4 Å². The minimum absolute atomic E-state index is 0.0130. The number of benzene rings is 4. The number of aryl methyl sites for hydroxylation is 1. The third-order valence-electron chi connectivity index (χ3n) is 7.72. The zero-order valence-corrected chi connectivity index (χ0v) is 27.9. The van der Waals surface area contributed by atoms with Crippen molar-refractivity contribution in [2.75, 3.05) is 24.0 Å². The van der Waals surface area contributed by atoms with Crippen molar-refractivity contribution in [3.05, 3.63) is 126 Å². The van der Waals surface area contributed by atoms with Crippen LogP contribution < -0.4 is 14.4 Å². The number of sulfonamides is 1. The van der Waals surface area contributed by atoms with Gasteiger partial charge in [-0.1, -0.05) is 91.7 Å². The Morgan fingerprint density at radius 1 is 0.872 bits per heavy atom. The van der Waals surface area contributed by atoms with E-state index in [1.165, 1.54) is 23.1 Å². The van der Waals surface area contributed by atoms with E-state index < -0.39 is 40.2 Å². The molecule has 0 fully saturated rings. The van der Waals surface area contributed by atoms with E-state index in [0.29, 0.717) is 6.54 Å². The van der Waals surface area contributed by atoms with Gasteiger partial charge in [0.2, 0.25) is 11.8 Å². The minimum Gasteiger partial charge on any atom is -0.492 e. The lowest BCUT2D eigenvalue weighted by Gasteiger charge is -2.34. The zero-order valence-electron chi connectivity index (χ0n) is 27.1. The molecule has 0 heterocycles. The summed E-state index contributed by atoms with van der Waals surface area (Å²) in [5.41, 5.74) is 2.03. The fourth-order valence-corrected chi connectivity index (χ4v) is 6.59. The highest BCUT2D eigenvalue weighted by molar-refractivity contribution is 7.92. The monoisotopic (exact) mass is 659 g/mol. The molecule has 0 saturated carbocycles. The van der Waals surface area contributed by atoms with Gasteiger partial charge in [-0.05, 0) is 56.2 Å². The van der Waals surface area contributed by atoms with E-state index in [1.807, 2.05) is 44.2 Å². The lowest BCUT2D eigenvalue weighted by atomic mass is 10.0. The van der Waals surface area contributed by atoms with Crippen LogP contribution in [0.4, 0.5) is 10.1 Å². The molecule has 4 aromatic rings. The van der Waals surface area contributed by atoms with Crippen molar-refractivity contribution in [3.8, 4) is 5.75 Å². The van der Waals surface area contributed by atoms with Gasteiger partial charge >= 0.3 is 0 Å². The molecule has 0 unspecified atom stereocenters. The smallest absolute Gasteiger partial charge is 0.264 e. The molecule has 8 nitrogen and oxygen atoms in total. The number of hydrogen-bond acceptors (Lipinski definition) is 5. The van der Waals surface area contributed by atoms with E-state index in [1.54, 1.807) is 61.5 Å². The molecule has 0 aliphatic heterocycles. The summed E-state index contributed by atoms with van der Waals surface area (Å²) < 4.78 is 50.5. The normalized spacial score (nSPS) is 11.8. The van der Waals surface area contributed by atoms with E-state index >= 15 is 4.39 Å². The van der Waals surface area contributed by atoms with Gasteiger partial charge in [-0.25, -0.2) is 12.8 Å². The third kappa shape index (κ3) is 9.19. The third-order valence-corrected chi connectivity index (χ3v) is 9.49. The molecule has 0 radical (unpaired) electrons. The molecule has 4 rings (SSSR count). The molecule has 4 aromatic carbocycles. The Kier molecular flexibility index (Phi) is 12.5. The van der Waals surface area contributed by atoms with E-state index in [2.05, 4.69) is 5.32 Å². The predicted octanol–water partition coefficient (Wildman–Crippen LogP) is 6.28. The van der Waals surface area contributed by atoms with Gasteiger partial charge in [0.1, 0.15) is 24.2 Å². The van der Waals surface area contributed by atoms with Crippen LogP contribution in [0, 0.1) is 12.7 Å². The fourth-order valence-electron chi connectivity index (χ4n) is 5.16. The minimum atomic E-state index is -4.31. The summed E-state index contributed by atoms with van der Waals surface area (Å²) in [4.78, 5) is 29.7. The van der Waals surface area contributed by atoms with Crippen LogP contribution in [0.5, 0.6) is 5.75 Å². The standard InChI is InChI=1S/C37H42FN3O5S/c1-4-6-24-39-37(43)34(25-29-14-8-7-9-15-29)40(26-30-16-10-11-17-32(30)38)36(42)27-41(33-18-12-13-19-35(33)46-5-2)47(44,45)31-22-20-28(3)21-23-31/h7-23,34H,4-6,24-27H2,1-3H3,(H,39,43)/t34-/m0/s1. The average Bonchev–Trinajstić information content (AvgIpc) is 3.07. The van der Waals surface area contributed by atoms with Crippen LogP contribution in [-0.2, 0) is 32.6 Å². The summed E-state index contributed by atoms with van der Waals surface area (Å²) in [6.07, 6.45) is 1.73. The van der Waals surface area contributed by atoms with Gasteiger partial charge in [-0.2, -0.15) is 0 Å². The van der Waals surface area contributed by atoms with Crippen LogP contribution in [0.3, 0.4) is 0 Å². The van der Waals surface area contributed by atoms with Crippen molar-refractivity contribution < 1.29 is 27.1 Å². The number of rotatable bonds is 16. The number of amides is 2. The molecular formula is C37H42FN3O5S. The Morgan fingerprint density at radius 2 is 1.53 bits per heavy atom. The molecular weight excluding hydrogens is 617 g/mol. The van der Waals surface area contributed by atoms with Crippen LogP contribution in [0.2, 0.25) is 0 Å². The van der Waals surface area contributed by atoms with Gasteiger partial charge in [-0.15, -0.1) is 0 Å². The number of carbonyl (C=O) groups is 2. The van der Waals surface area contributed by atoms with Gasteiger partial charge in [0.25, 0.3) is 10.0 Å². The first kappa shape index (κ1) is 35.2. The number of nitrogens with zero attached hydrogens (tertiary/aromatic N) is 2. The van der Waals surface area contributed by atoms with Crippen molar-refractivity contribution in [2.45, 2.75) is 57.5 Å². The Labute approximate surface area is 277 Å².